The first-order chi connectivity index (χ1) is 7.22. The second-order valence-electron chi connectivity index (χ2n) is 2.80. The summed E-state index contributed by atoms with van der Waals surface area (Å²) >= 11 is 3.32. The maximum atomic E-state index is 11.1. The molecule has 0 saturated heterocycles. The Hall–Kier alpha value is -1.54. The van der Waals surface area contributed by atoms with E-state index >= 15 is 0 Å². The third kappa shape index (κ3) is 4.47. The van der Waals surface area contributed by atoms with Crippen LogP contribution in [0.1, 0.15) is 0 Å². The molecule has 0 aromatic heterocycles. The lowest BCUT2D eigenvalue weighted by molar-refractivity contribution is -0.119. The number of carbonyl (C=O) groups is 1. The predicted molar refractivity (Wildman–Crippen MR) is 61.3 cm³/mol. The minimum Gasteiger partial charge on any atom is -0.376 e. The lowest BCUT2D eigenvalue weighted by Crippen LogP contribution is -2.29. The molecule has 0 heterocycles. The number of rotatable bonds is 4. The van der Waals surface area contributed by atoms with E-state index in [1.54, 1.807) is 0 Å². The molecule has 0 aliphatic rings. The normalized spacial score (nSPS) is 9.07. The van der Waals surface area contributed by atoms with Crippen LogP contribution in [0.3, 0.4) is 0 Å². The molecule has 0 aliphatic heterocycles. The topological polar surface area (TPSA) is 64.9 Å². The monoisotopic (exact) mass is 267 g/mol. The summed E-state index contributed by atoms with van der Waals surface area (Å²) in [6, 6.07) is 9.33. The summed E-state index contributed by atoms with van der Waals surface area (Å²) in [5.41, 5.74) is 0.866. The molecular formula is C10H10BrN3O. The summed E-state index contributed by atoms with van der Waals surface area (Å²) < 4.78 is 0.988. The highest BCUT2D eigenvalue weighted by atomic mass is 79.9. The van der Waals surface area contributed by atoms with E-state index in [-0.39, 0.29) is 19.0 Å². The van der Waals surface area contributed by atoms with Crippen LogP contribution < -0.4 is 10.6 Å². The lowest BCUT2D eigenvalue weighted by Gasteiger charge is -2.05. The van der Waals surface area contributed by atoms with Gasteiger partial charge in [-0.3, -0.25) is 4.79 Å². The van der Waals surface area contributed by atoms with Gasteiger partial charge in [0.05, 0.1) is 12.6 Å². The Kier molecular flexibility index (Phi) is 4.64. The quantitative estimate of drug-likeness (QED) is 0.813. The maximum absolute atomic E-state index is 11.1. The fourth-order valence-corrected chi connectivity index (χ4v) is 1.22. The van der Waals surface area contributed by atoms with Crippen LogP contribution in [-0.4, -0.2) is 19.0 Å². The zero-order chi connectivity index (χ0) is 11.1. The van der Waals surface area contributed by atoms with Gasteiger partial charge < -0.3 is 10.6 Å². The standard InChI is InChI=1S/C10H10BrN3O/c11-8-1-3-9(4-2-8)14-7-10(15)13-6-5-12/h1-4,14H,6-7H2,(H,13,15). The number of nitriles is 1. The maximum Gasteiger partial charge on any atom is 0.240 e. The van der Waals surface area contributed by atoms with Crippen LogP contribution in [-0.2, 0) is 4.79 Å². The summed E-state index contributed by atoms with van der Waals surface area (Å²) in [5.74, 6) is -0.195. The molecule has 4 nitrogen and oxygen atoms in total. The number of nitrogens with one attached hydrogen (secondary N) is 2. The van der Waals surface area contributed by atoms with Gasteiger partial charge in [0.1, 0.15) is 6.54 Å². The van der Waals surface area contributed by atoms with Crippen molar-refractivity contribution < 1.29 is 4.79 Å². The molecule has 1 rings (SSSR count). The number of benzene rings is 1. The number of hydrogen-bond donors (Lipinski definition) is 2. The summed E-state index contributed by atoms with van der Waals surface area (Å²) in [7, 11) is 0. The Labute approximate surface area is 96.4 Å². The van der Waals surface area contributed by atoms with Crippen molar-refractivity contribution in [3.05, 3.63) is 28.7 Å². The van der Waals surface area contributed by atoms with Gasteiger partial charge in [-0.25, -0.2) is 0 Å². The highest BCUT2D eigenvalue weighted by molar-refractivity contribution is 9.10. The van der Waals surface area contributed by atoms with Gasteiger partial charge in [-0.15, -0.1) is 0 Å². The second-order valence-corrected chi connectivity index (χ2v) is 3.71. The van der Waals surface area contributed by atoms with E-state index < -0.39 is 0 Å². The molecule has 0 saturated carbocycles. The molecule has 0 radical (unpaired) electrons. The third-order valence-electron chi connectivity index (χ3n) is 1.66. The van der Waals surface area contributed by atoms with E-state index in [1.807, 2.05) is 30.3 Å². The van der Waals surface area contributed by atoms with Gasteiger partial charge in [-0.05, 0) is 24.3 Å². The minimum atomic E-state index is -0.195. The van der Waals surface area contributed by atoms with Crippen molar-refractivity contribution in [2.45, 2.75) is 0 Å². The van der Waals surface area contributed by atoms with E-state index in [0.29, 0.717) is 0 Å². The van der Waals surface area contributed by atoms with Gasteiger partial charge in [-0.1, -0.05) is 15.9 Å². The third-order valence-corrected chi connectivity index (χ3v) is 2.19. The molecule has 2 N–H and O–H groups in total. The molecule has 0 unspecified atom stereocenters. The first-order valence-electron chi connectivity index (χ1n) is 4.35. The first-order valence-corrected chi connectivity index (χ1v) is 5.15. The molecule has 1 aromatic rings. The molecular weight excluding hydrogens is 258 g/mol. The molecule has 0 atom stereocenters. The van der Waals surface area contributed by atoms with Crippen molar-refractivity contribution in [3.8, 4) is 6.07 Å². The molecule has 1 aromatic carbocycles. The van der Waals surface area contributed by atoms with Crippen LogP contribution in [0.2, 0.25) is 0 Å². The number of carbonyl (C=O) groups excluding carboxylic acids is 1. The van der Waals surface area contributed by atoms with E-state index in [0.717, 1.165) is 10.2 Å². The second kappa shape index (κ2) is 6.04. The van der Waals surface area contributed by atoms with Gasteiger partial charge >= 0.3 is 0 Å². The number of anilines is 1. The van der Waals surface area contributed by atoms with Crippen molar-refractivity contribution in [1.29, 1.82) is 5.26 Å². The van der Waals surface area contributed by atoms with Gasteiger partial charge in [0.15, 0.2) is 0 Å². The molecule has 78 valence electrons. The van der Waals surface area contributed by atoms with Crippen LogP contribution in [0.15, 0.2) is 28.7 Å². The molecule has 0 bridgehead atoms. The molecule has 0 fully saturated rings. The van der Waals surface area contributed by atoms with Gasteiger partial charge in [0.2, 0.25) is 5.91 Å². The Morgan fingerprint density at radius 2 is 2.07 bits per heavy atom. The molecule has 0 aliphatic carbocycles. The van der Waals surface area contributed by atoms with Crippen molar-refractivity contribution >= 4 is 27.5 Å². The summed E-state index contributed by atoms with van der Waals surface area (Å²) in [6.45, 7) is 0.212. The molecule has 1 amide bonds. The van der Waals surface area contributed by atoms with Crippen LogP contribution in [0, 0.1) is 11.3 Å². The molecule has 0 spiro atoms. The van der Waals surface area contributed by atoms with E-state index in [1.165, 1.54) is 0 Å². The van der Waals surface area contributed by atoms with E-state index in [9.17, 15) is 4.79 Å². The van der Waals surface area contributed by atoms with Gasteiger partial charge in [0.25, 0.3) is 0 Å². The van der Waals surface area contributed by atoms with Crippen LogP contribution in [0.25, 0.3) is 0 Å². The molecule has 5 heteroatoms. The average molecular weight is 268 g/mol. The highest BCUT2D eigenvalue weighted by Gasteiger charge is 1.99. The van der Waals surface area contributed by atoms with Crippen LogP contribution in [0.4, 0.5) is 5.69 Å². The van der Waals surface area contributed by atoms with Crippen molar-refractivity contribution in [2.24, 2.45) is 0 Å². The fraction of sp³-hybridized carbons (Fsp3) is 0.200. The number of amides is 1. The predicted octanol–water partition coefficient (Wildman–Crippen LogP) is 1.50. The average Bonchev–Trinajstić information content (AvgIpc) is 2.25. The Bertz CT molecular complexity index is 369. The Balaban J connectivity index is 2.34. The largest absolute Gasteiger partial charge is 0.376 e. The highest BCUT2D eigenvalue weighted by Crippen LogP contribution is 2.13. The summed E-state index contributed by atoms with van der Waals surface area (Å²) in [5, 5.41) is 13.6. The fourth-order valence-electron chi connectivity index (χ4n) is 0.951. The zero-order valence-corrected chi connectivity index (χ0v) is 9.54. The lowest BCUT2D eigenvalue weighted by atomic mass is 10.3. The minimum absolute atomic E-state index is 0.0425. The van der Waals surface area contributed by atoms with Crippen LogP contribution in [0.5, 0.6) is 0 Å². The van der Waals surface area contributed by atoms with Crippen molar-refractivity contribution in [1.82, 2.24) is 5.32 Å². The number of nitrogens with zero attached hydrogens (tertiary/aromatic N) is 1. The molecule has 15 heavy (non-hydrogen) atoms. The Morgan fingerprint density at radius 1 is 1.40 bits per heavy atom. The SMILES string of the molecule is N#CCNC(=O)CNc1ccc(Br)cc1. The van der Waals surface area contributed by atoms with E-state index in [4.69, 9.17) is 5.26 Å². The van der Waals surface area contributed by atoms with Crippen molar-refractivity contribution in [3.63, 3.8) is 0 Å². The first kappa shape index (κ1) is 11.5. The van der Waals surface area contributed by atoms with Crippen molar-refractivity contribution in [2.75, 3.05) is 18.4 Å². The summed E-state index contributed by atoms with van der Waals surface area (Å²) in [4.78, 5) is 11.1. The number of halogens is 1. The summed E-state index contributed by atoms with van der Waals surface area (Å²) in [6.07, 6.45) is 0. The van der Waals surface area contributed by atoms with Gasteiger partial charge in [-0.2, -0.15) is 5.26 Å². The number of hydrogen-bond acceptors (Lipinski definition) is 3. The van der Waals surface area contributed by atoms with Gasteiger partial charge in [0, 0.05) is 10.2 Å². The van der Waals surface area contributed by atoms with Crippen LogP contribution >= 0.6 is 15.9 Å². The Morgan fingerprint density at radius 3 is 2.67 bits per heavy atom. The van der Waals surface area contributed by atoms with E-state index in [2.05, 4.69) is 26.6 Å². The smallest absolute Gasteiger partial charge is 0.240 e. The zero-order valence-electron chi connectivity index (χ0n) is 7.96.